The molecule has 0 bridgehead atoms. The standard InChI is InChI=1S/C19H23N3O3/c1-13(2)6-11-25-17-7-10-24-12-16(17)22-19(23)14-4-3-5-15-18(14)21-9-8-20-15/h3-6,8-9,16-17H,7,10-12H2,1-2H3,(H,22,23)/t16-,17+/m0/s1. The van der Waals surface area contributed by atoms with E-state index in [0.717, 1.165) is 6.42 Å². The van der Waals surface area contributed by atoms with Gasteiger partial charge in [-0.25, -0.2) is 0 Å². The lowest BCUT2D eigenvalue weighted by atomic mass is 10.1. The maximum Gasteiger partial charge on any atom is 0.253 e. The highest BCUT2D eigenvalue weighted by atomic mass is 16.5. The van der Waals surface area contributed by atoms with E-state index in [1.807, 2.05) is 32.1 Å². The van der Waals surface area contributed by atoms with Crippen LogP contribution in [0.15, 0.2) is 42.2 Å². The van der Waals surface area contributed by atoms with Gasteiger partial charge in [-0.1, -0.05) is 17.7 Å². The highest BCUT2D eigenvalue weighted by Gasteiger charge is 2.28. The van der Waals surface area contributed by atoms with Crippen molar-refractivity contribution in [2.24, 2.45) is 0 Å². The molecule has 1 aromatic heterocycles. The summed E-state index contributed by atoms with van der Waals surface area (Å²) in [5, 5.41) is 3.04. The number of para-hydroxylation sites is 1. The lowest BCUT2D eigenvalue weighted by molar-refractivity contribution is -0.0457. The Balaban J connectivity index is 1.72. The van der Waals surface area contributed by atoms with Crippen LogP contribution in [0.3, 0.4) is 0 Å². The molecule has 0 aliphatic carbocycles. The molecular weight excluding hydrogens is 318 g/mol. The topological polar surface area (TPSA) is 73.3 Å². The van der Waals surface area contributed by atoms with Crippen LogP contribution in [0.1, 0.15) is 30.6 Å². The Morgan fingerprint density at radius 3 is 3.04 bits per heavy atom. The van der Waals surface area contributed by atoms with E-state index in [1.54, 1.807) is 18.5 Å². The van der Waals surface area contributed by atoms with Gasteiger partial charge in [0.1, 0.15) is 5.52 Å². The molecule has 6 heteroatoms. The van der Waals surface area contributed by atoms with Gasteiger partial charge in [-0.05, 0) is 32.4 Å². The quantitative estimate of drug-likeness (QED) is 0.846. The lowest BCUT2D eigenvalue weighted by Crippen LogP contribution is -2.50. The first-order valence-electron chi connectivity index (χ1n) is 8.48. The highest BCUT2D eigenvalue weighted by molar-refractivity contribution is 6.04. The summed E-state index contributed by atoms with van der Waals surface area (Å²) in [5.74, 6) is -0.183. The summed E-state index contributed by atoms with van der Waals surface area (Å²) in [6, 6.07) is 5.23. The minimum Gasteiger partial charge on any atom is -0.379 e. The molecule has 0 radical (unpaired) electrons. The normalized spacial score (nSPS) is 20.2. The number of carbonyl (C=O) groups is 1. The number of rotatable bonds is 5. The molecule has 1 fully saturated rings. The highest BCUT2D eigenvalue weighted by Crippen LogP contribution is 2.16. The van der Waals surface area contributed by atoms with E-state index in [1.165, 1.54) is 5.57 Å². The van der Waals surface area contributed by atoms with Crippen molar-refractivity contribution in [1.82, 2.24) is 15.3 Å². The van der Waals surface area contributed by atoms with Crippen molar-refractivity contribution in [2.45, 2.75) is 32.4 Å². The zero-order chi connectivity index (χ0) is 17.6. The van der Waals surface area contributed by atoms with E-state index in [0.29, 0.717) is 36.4 Å². The number of benzene rings is 1. The first-order chi connectivity index (χ1) is 12.1. The van der Waals surface area contributed by atoms with Gasteiger partial charge in [0.05, 0.1) is 36.4 Å². The Labute approximate surface area is 147 Å². The van der Waals surface area contributed by atoms with Gasteiger partial charge in [0.15, 0.2) is 0 Å². The third kappa shape index (κ3) is 4.41. The molecule has 2 aromatic rings. The first kappa shape index (κ1) is 17.5. The number of amides is 1. The lowest BCUT2D eigenvalue weighted by Gasteiger charge is -2.32. The summed E-state index contributed by atoms with van der Waals surface area (Å²) in [5.41, 5.74) is 3.02. The molecule has 1 aromatic carbocycles. The minimum atomic E-state index is -0.183. The Morgan fingerprint density at radius 2 is 2.20 bits per heavy atom. The van der Waals surface area contributed by atoms with Crippen LogP contribution in [0.5, 0.6) is 0 Å². The molecule has 1 N–H and O–H groups in total. The van der Waals surface area contributed by atoms with E-state index in [-0.39, 0.29) is 18.1 Å². The maximum atomic E-state index is 12.8. The molecule has 0 spiro atoms. The van der Waals surface area contributed by atoms with Crippen molar-refractivity contribution in [1.29, 1.82) is 0 Å². The van der Waals surface area contributed by atoms with Crippen LogP contribution in [0.4, 0.5) is 0 Å². The number of carbonyl (C=O) groups excluding carboxylic acids is 1. The summed E-state index contributed by atoms with van der Waals surface area (Å²) in [6.45, 7) is 5.70. The minimum absolute atomic E-state index is 0.0608. The number of allylic oxidation sites excluding steroid dienone is 1. The second-order valence-corrected chi connectivity index (χ2v) is 6.33. The van der Waals surface area contributed by atoms with Gasteiger partial charge in [0, 0.05) is 19.0 Å². The maximum absolute atomic E-state index is 12.8. The van der Waals surface area contributed by atoms with Crippen molar-refractivity contribution < 1.29 is 14.3 Å². The number of hydrogen-bond donors (Lipinski definition) is 1. The summed E-state index contributed by atoms with van der Waals surface area (Å²) < 4.78 is 11.5. The Morgan fingerprint density at radius 1 is 1.36 bits per heavy atom. The van der Waals surface area contributed by atoms with Crippen LogP contribution in [0, 0.1) is 0 Å². The van der Waals surface area contributed by atoms with Crippen molar-refractivity contribution in [2.75, 3.05) is 19.8 Å². The largest absolute Gasteiger partial charge is 0.379 e. The molecule has 3 rings (SSSR count). The fraction of sp³-hybridized carbons (Fsp3) is 0.421. The number of nitrogens with zero attached hydrogens (tertiary/aromatic N) is 2. The summed E-state index contributed by atoms with van der Waals surface area (Å²) in [4.78, 5) is 21.3. The predicted octanol–water partition coefficient (Wildman–Crippen LogP) is 2.50. The Kier molecular flexibility index (Phi) is 5.73. The fourth-order valence-corrected chi connectivity index (χ4v) is 2.81. The average Bonchev–Trinajstić information content (AvgIpc) is 2.62. The Hall–Kier alpha value is -2.31. The average molecular weight is 341 g/mol. The van der Waals surface area contributed by atoms with E-state index < -0.39 is 0 Å². The number of nitrogens with one attached hydrogen (secondary N) is 1. The van der Waals surface area contributed by atoms with Gasteiger partial charge in [0.2, 0.25) is 0 Å². The first-order valence-corrected chi connectivity index (χ1v) is 8.48. The van der Waals surface area contributed by atoms with E-state index in [9.17, 15) is 4.79 Å². The molecule has 1 saturated heterocycles. The molecule has 1 amide bonds. The van der Waals surface area contributed by atoms with Crippen molar-refractivity contribution in [3.8, 4) is 0 Å². The SMILES string of the molecule is CC(C)=CCO[C@@H]1CCOC[C@@H]1NC(=O)c1cccc2nccnc12. The van der Waals surface area contributed by atoms with Gasteiger partial charge >= 0.3 is 0 Å². The molecule has 0 saturated carbocycles. The monoisotopic (exact) mass is 341 g/mol. The van der Waals surface area contributed by atoms with Crippen LogP contribution < -0.4 is 5.32 Å². The molecule has 132 valence electrons. The predicted molar refractivity (Wildman–Crippen MR) is 95.4 cm³/mol. The molecule has 2 heterocycles. The van der Waals surface area contributed by atoms with Gasteiger partial charge in [-0.15, -0.1) is 0 Å². The third-order valence-corrected chi connectivity index (χ3v) is 4.15. The van der Waals surface area contributed by atoms with Gasteiger partial charge < -0.3 is 14.8 Å². The smallest absolute Gasteiger partial charge is 0.253 e. The number of ether oxygens (including phenoxy) is 2. The van der Waals surface area contributed by atoms with E-state index >= 15 is 0 Å². The van der Waals surface area contributed by atoms with Gasteiger partial charge in [0.25, 0.3) is 5.91 Å². The second-order valence-electron chi connectivity index (χ2n) is 6.33. The molecule has 2 atom stereocenters. The summed E-state index contributed by atoms with van der Waals surface area (Å²) >= 11 is 0. The van der Waals surface area contributed by atoms with Crippen molar-refractivity contribution in [3.63, 3.8) is 0 Å². The van der Waals surface area contributed by atoms with E-state index in [4.69, 9.17) is 9.47 Å². The van der Waals surface area contributed by atoms with Crippen LogP contribution in [-0.4, -0.2) is 47.8 Å². The molecule has 0 unspecified atom stereocenters. The zero-order valence-electron chi connectivity index (χ0n) is 14.6. The molecule has 25 heavy (non-hydrogen) atoms. The number of aromatic nitrogens is 2. The zero-order valence-corrected chi connectivity index (χ0v) is 14.6. The summed E-state index contributed by atoms with van der Waals surface area (Å²) in [7, 11) is 0. The van der Waals surface area contributed by atoms with Crippen molar-refractivity contribution in [3.05, 3.63) is 47.8 Å². The van der Waals surface area contributed by atoms with Crippen LogP contribution in [-0.2, 0) is 9.47 Å². The molecular formula is C19H23N3O3. The van der Waals surface area contributed by atoms with Crippen LogP contribution >= 0.6 is 0 Å². The number of fused-ring (bicyclic) bond motifs is 1. The number of hydrogen-bond acceptors (Lipinski definition) is 5. The second kappa shape index (κ2) is 8.18. The van der Waals surface area contributed by atoms with Crippen LogP contribution in [0.2, 0.25) is 0 Å². The molecule has 1 aliphatic rings. The fourth-order valence-electron chi connectivity index (χ4n) is 2.81. The van der Waals surface area contributed by atoms with Crippen molar-refractivity contribution >= 4 is 16.9 Å². The Bertz CT molecular complexity index is 766. The van der Waals surface area contributed by atoms with Gasteiger partial charge in [-0.3, -0.25) is 14.8 Å². The van der Waals surface area contributed by atoms with E-state index in [2.05, 4.69) is 15.3 Å². The molecule has 1 aliphatic heterocycles. The molecule has 6 nitrogen and oxygen atoms in total. The van der Waals surface area contributed by atoms with Crippen LogP contribution in [0.25, 0.3) is 11.0 Å². The third-order valence-electron chi connectivity index (χ3n) is 4.15. The summed E-state index contributed by atoms with van der Waals surface area (Å²) in [6.07, 6.45) is 5.94. The van der Waals surface area contributed by atoms with Gasteiger partial charge in [-0.2, -0.15) is 0 Å².